The summed E-state index contributed by atoms with van der Waals surface area (Å²) in [5.74, 6) is 5.86. The Morgan fingerprint density at radius 2 is 2.50 bits per heavy atom. The number of hydrogen-bond acceptors (Lipinski definition) is 5. The Morgan fingerprint density at radius 1 is 1.72 bits per heavy atom. The van der Waals surface area contributed by atoms with E-state index in [4.69, 9.17) is 10.6 Å². The summed E-state index contributed by atoms with van der Waals surface area (Å²) in [6.07, 6.45) is 1.45. The van der Waals surface area contributed by atoms with E-state index in [2.05, 4.69) is 12.3 Å². The second-order valence-corrected chi connectivity index (χ2v) is 6.86. The van der Waals surface area contributed by atoms with Crippen LogP contribution >= 0.6 is 23.1 Å². The van der Waals surface area contributed by atoms with Gasteiger partial charge in [0.1, 0.15) is 0 Å². The Kier molecular flexibility index (Phi) is 4.66. The molecule has 2 heterocycles. The molecule has 2 atom stereocenters. The molecule has 1 saturated heterocycles. The van der Waals surface area contributed by atoms with Crippen molar-refractivity contribution >= 4 is 29.0 Å². The zero-order valence-electron chi connectivity index (χ0n) is 10.6. The van der Waals surface area contributed by atoms with Gasteiger partial charge in [-0.05, 0) is 31.9 Å². The van der Waals surface area contributed by atoms with E-state index in [9.17, 15) is 4.79 Å². The van der Waals surface area contributed by atoms with E-state index in [0.717, 1.165) is 18.8 Å². The number of amides is 1. The minimum Gasteiger partial charge on any atom is -0.377 e. The molecule has 0 aliphatic carbocycles. The fourth-order valence-corrected chi connectivity index (χ4v) is 4.32. The maximum Gasteiger partial charge on any atom is 0.275 e. The SMILES string of the molecule is Cc1sc(C(=O)NN)cc1CSC1CCOC1C. The monoisotopic (exact) mass is 286 g/mol. The van der Waals surface area contributed by atoms with Crippen LogP contribution in [0.3, 0.4) is 0 Å². The van der Waals surface area contributed by atoms with Crippen molar-refractivity contribution in [3.8, 4) is 0 Å². The predicted molar refractivity (Wildman–Crippen MR) is 75.8 cm³/mol. The Hall–Kier alpha value is -0.560. The summed E-state index contributed by atoms with van der Waals surface area (Å²) in [5.41, 5.74) is 3.40. The number of hydrogen-bond donors (Lipinski definition) is 2. The number of nitrogens with one attached hydrogen (secondary N) is 1. The zero-order valence-corrected chi connectivity index (χ0v) is 12.2. The first kappa shape index (κ1) is 13.9. The van der Waals surface area contributed by atoms with E-state index in [0.29, 0.717) is 16.2 Å². The largest absolute Gasteiger partial charge is 0.377 e. The fraction of sp³-hybridized carbons (Fsp3) is 0.583. The number of thioether (sulfide) groups is 1. The smallest absolute Gasteiger partial charge is 0.275 e. The van der Waals surface area contributed by atoms with Crippen LogP contribution in [0.25, 0.3) is 0 Å². The van der Waals surface area contributed by atoms with Gasteiger partial charge in [-0.1, -0.05) is 0 Å². The van der Waals surface area contributed by atoms with Crippen molar-refractivity contribution in [3.05, 3.63) is 21.4 Å². The van der Waals surface area contributed by atoms with Crippen molar-refractivity contribution in [1.29, 1.82) is 0 Å². The third kappa shape index (κ3) is 3.06. The number of ether oxygens (including phenoxy) is 1. The molecule has 1 aromatic rings. The number of rotatable bonds is 4. The summed E-state index contributed by atoms with van der Waals surface area (Å²) >= 11 is 3.40. The molecule has 2 rings (SSSR count). The summed E-state index contributed by atoms with van der Waals surface area (Å²) in [6, 6.07) is 1.94. The van der Waals surface area contributed by atoms with Crippen molar-refractivity contribution in [2.24, 2.45) is 5.84 Å². The Balaban J connectivity index is 1.97. The van der Waals surface area contributed by atoms with Crippen LogP contribution in [0.15, 0.2) is 6.07 Å². The summed E-state index contributed by atoms with van der Waals surface area (Å²) in [4.78, 5) is 13.3. The molecule has 2 unspecified atom stereocenters. The molecule has 3 N–H and O–H groups in total. The third-order valence-electron chi connectivity index (χ3n) is 3.14. The molecule has 0 saturated carbocycles. The average Bonchev–Trinajstić information content (AvgIpc) is 2.92. The van der Waals surface area contributed by atoms with E-state index >= 15 is 0 Å². The normalized spacial score (nSPS) is 23.3. The lowest BCUT2D eigenvalue weighted by Gasteiger charge is -2.12. The van der Waals surface area contributed by atoms with E-state index in [1.807, 2.05) is 24.8 Å². The number of aryl methyl sites for hydroxylation is 1. The standard InChI is InChI=1S/C12H18N2O2S2/c1-7-10(3-4-16-7)17-6-9-5-11(12(15)14-13)18-8(9)2/h5,7,10H,3-4,6,13H2,1-2H3,(H,14,15). The van der Waals surface area contributed by atoms with Crippen LogP contribution in [0.5, 0.6) is 0 Å². The fourth-order valence-electron chi connectivity index (χ4n) is 1.97. The summed E-state index contributed by atoms with van der Waals surface area (Å²) in [5, 5.41) is 0.566. The zero-order chi connectivity index (χ0) is 13.1. The van der Waals surface area contributed by atoms with Crippen LogP contribution in [0, 0.1) is 6.92 Å². The molecule has 0 bridgehead atoms. The highest BCUT2D eigenvalue weighted by atomic mass is 32.2. The number of nitrogen functional groups attached to an aromatic ring is 1. The van der Waals surface area contributed by atoms with E-state index in [1.165, 1.54) is 21.8 Å². The van der Waals surface area contributed by atoms with Gasteiger partial charge in [0.2, 0.25) is 0 Å². The molecule has 4 nitrogen and oxygen atoms in total. The van der Waals surface area contributed by atoms with Gasteiger partial charge in [-0.25, -0.2) is 5.84 Å². The lowest BCUT2D eigenvalue weighted by Crippen LogP contribution is -2.29. The molecule has 1 amide bonds. The molecule has 1 aromatic heterocycles. The number of hydrazine groups is 1. The highest BCUT2D eigenvalue weighted by Crippen LogP contribution is 2.32. The van der Waals surface area contributed by atoms with Gasteiger partial charge in [0, 0.05) is 22.5 Å². The van der Waals surface area contributed by atoms with Crippen molar-refractivity contribution in [3.63, 3.8) is 0 Å². The second kappa shape index (κ2) is 6.06. The molecule has 1 aliphatic rings. The summed E-state index contributed by atoms with van der Waals surface area (Å²) < 4.78 is 5.55. The molecule has 6 heteroatoms. The van der Waals surface area contributed by atoms with Crippen molar-refractivity contribution < 1.29 is 9.53 Å². The summed E-state index contributed by atoms with van der Waals surface area (Å²) in [7, 11) is 0. The van der Waals surface area contributed by atoms with Gasteiger partial charge >= 0.3 is 0 Å². The van der Waals surface area contributed by atoms with E-state index in [-0.39, 0.29) is 5.91 Å². The van der Waals surface area contributed by atoms with Crippen LogP contribution in [-0.2, 0) is 10.5 Å². The number of carbonyl (C=O) groups excluding carboxylic acids is 1. The van der Waals surface area contributed by atoms with Crippen molar-refractivity contribution in [1.82, 2.24) is 5.43 Å². The van der Waals surface area contributed by atoms with Gasteiger partial charge in [-0.3, -0.25) is 10.2 Å². The molecule has 0 radical (unpaired) electrons. The van der Waals surface area contributed by atoms with Crippen LogP contribution in [0.1, 0.15) is 33.5 Å². The van der Waals surface area contributed by atoms with Crippen LogP contribution < -0.4 is 11.3 Å². The van der Waals surface area contributed by atoms with Gasteiger partial charge in [-0.15, -0.1) is 11.3 Å². The first-order valence-corrected chi connectivity index (χ1v) is 7.81. The first-order valence-electron chi connectivity index (χ1n) is 5.95. The van der Waals surface area contributed by atoms with E-state index < -0.39 is 0 Å². The molecule has 0 spiro atoms. The van der Waals surface area contributed by atoms with Gasteiger partial charge in [0.05, 0.1) is 11.0 Å². The molecule has 1 fully saturated rings. The Labute approximate surface area is 115 Å². The van der Waals surface area contributed by atoms with Crippen LogP contribution in [-0.4, -0.2) is 23.9 Å². The predicted octanol–water partition coefficient (Wildman–Crippen LogP) is 2.07. The summed E-state index contributed by atoms with van der Waals surface area (Å²) in [6.45, 7) is 5.03. The van der Waals surface area contributed by atoms with Crippen molar-refractivity contribution in [2.75, 3.05) is 6.61 Å². The average molecular weight is 286 g/mol. The molecular formula is C12H18N2O2S2. The molecular weight excluding hydrogens is 268 g/mol. The number of carbonyl (C=O) groups is 1. The highest BCUT2D eigenvalue weighted by molar-refractivity contribution is 7.99. The third-order valence-corrected chi connectivity index (χ3v) is 5.75. The van der Waals surface area contributed by atoms with Gasteiger partial charge in [0.25, 0.3) is 5.91 Å². The van der Waals surface area contributed by atoms with Crippen molar-refractivity contribution in [2.45, 2.75) is 37.4 Å². The molecule has 18 heavy (non-hydrogen) atoms. The van der Waals surface area contributed by atoms with Gasteiger partial charge in [-0.2, -0.15) is 11.8 Å². The first-order chi connectivity index (χ1) is 8.61. The topological polar surface area (TPSA) is 64.4 Å². The van der Waals surface area contributed by atoms with Gasteiger partial charge < -0.3 is 4.74 Å². The number of nitrogens with two attached hydrogens (primary N) is 1. The second-order valence-electron chi connectivity index (χ2n) is 4.38. The molecule has 1 aliphatic heterocycles. The lowest BCUT2D eigenvalue weighted by atomic mass is 10.2. The lowest BCUT2D eigenvalue weighted by molar-refractivity contribution is 0.0957. The number of thiophene rings is 1. The highest BCUT2D eigenvalue weighted by Gasteiger charge is 2.24. The minimum absolute atomic E-state index is 0.211. The quantitative estimate of drug-likeness (QED) is 0.505. The Morgan fingerprint density at radius 3 is 3.11 bits per heavy atom. The maximum atomic E-state index is 11.4. The maximum absolute atomic E-state index is 11.4. The Bertz CT molecular complexity index is 434. The van der Waals surface area contributed by atoms with Gasteiger partial charge in [0.15, 0.2) is 0 Å². The van der Waals surface area contributed by atoms with Crippen LogP contribution in [0.2, 0.25) is 0 Å². The van der Waals surface area contributed by atoms with Crippen LogP contribution in [0.4, 0.5) is 0 Å². The minimum atomic E-state index is -0.211. The molecule has 100 valence electrons. The van der Waals surface area contributed by atoms with E-state index in [1.54, 1.807) is 0 Å². The molecule has 0 aromatic carbocycles.